The Labute approximate surface area is 285 Å². The highest BCUT2D eigenvalue weighted by atomic mass is 19.4. The minimum Gasteiger partial charge on any atom is -0.494 e. The second-order valence-electron chi connectivity index (χ2n) is 12.3. The van der Waals surface area contributed by atoms with Crippen LogP contribution in [-0.2, 0) is 35.9 Å². The lowest BCUT2D eigenvalue weighted by atomic mass is 10.0. The molecule has 0 aliphatic carbocycles. The van der Waals surface area contributed by atoms with E-state index < -0.39 is 23.7 Å². The maximum absolute atomic E-state index is 13.0. The number of rotatable bonds is 12. The number of nitrogens with one attached hydrogen (secondary N) is 3. The van der Waals surface area contributed by atoms with E-state index in [4.69, 9.17) is 4.74 Å². The van der Waals surface area contributed by atoms with Crippen molar-refractivity contribution in [2.75, 3.05) is 18.5 Å². The number of aryl methyl sites for hydroxylation is 1. The first-order valence-electron chi connectivity index (χ1n) is 16.2. The largest absolute Gasteiger partial charge is 0.494 e. The number of amides is 4. The van der Waals surface area contributed by atoms with Gasteiger partial charge in [0.2, 0.25) is 11.8 Å². The third-order valence-electron chi connectivity index (χ3n) is 8.65. The number of hydrogen-bond donors (Lipinski definition) is 3. The summed E-state index contributed by atoms with van der Waals surface area (Å²) < 4.78 is 46.5. The van der Waals surface area contributed by atoms with Gasteiger partial charge in [-0.15, -0.1) is 0 Å². The second kappa shape index (κ2) is 14.4. The zero-order chi connectivity index (χ0) is 35.4. The fourth-order valence-electron chi connectivity index (χ4n) is 5.97. The van der Waals surface area contributed by atoms with Crippen molar-refractivity contribution in [3.63, 3.8) is 0 Å². The summed E-state index contributed by atoms with van der Waals surface area (Å²) in [6.07, 6.45) is 0.852. The van der Waals surface area contributed by atoms with Crippen LogP contribution in [0.25, 0.3) is 11.3 Å². The van der Waals surface area contributed by atoms with Gasteiger partial charge in [0, 0.05) is 61.7 Å². The number of imidazole rings is 1. The topological polar surface area (TPSA) is 135 Å². The first kappa shape index (κ1) is 34.2. The van der Waals surface area contributed by atoms with Crippen molar-refractivity contribution < 1.29 is 37.1 Å². The van der Waals surface area contributed by atoms with Crippen LogP contribution in [0.3, 0.4) is 0 Å². The number of nitrogens with zero attached hydrogens (tertiary/aromatic N) is 3. The summed E-state index contributed by atoms with van der Waals surface area (Å²) in [5.41, 5.74) is 3.65. The molecule has 3 N–H and O–H groups in total. The predicted octanol–water partition coefficient (Wildman–Crippen LogP) is 5.07. The molecule has 6 rings (SSSR count). The van der Waals surface area contributed by atoms with Gasteiger partial charge in [0.15, 0.2) is 0 Å². The van der Waals surface area contributed by atoms with E-state index >= 15 is 0 Å². The number of hydrogen-bond acceptors (Lipinski definition) is 7. The van der Waals surface area contributed by atoms with Gasteiger partial charge < -0.3 is 24.8 Å². The summed E-state index contributed by atoms with van der Waals surface area (Å²) in [5, 5.41) is 8.48. The number of imide groups is 1. The molecule has 0 bridgehead atoms. The predicted molar refractivity (Wildman–Crippen MR) is 177 cm³/mol. The number of alkyl halides is 3. The molecule has 2 aliphatic heterocycles. The number of fused-ring (bicyclic) bond motifs is 1. The molecule has 0 saturated carbocycles. The second-order valence-corrected chi connectivity index (χ2v) is 12.3. The molecule has 0 unspecified atom stereocenters. The Balaban J connectivity index is 0.988. The minimum atomic E-state index is -4.40. The van der Waals surface area contributed by atoms with Crippen LogP contribution < -0.4 is 20.7 Å². The van der Waals surface area contributed by atoms with Crippen molar-refractivity contribution in [1.29, 1.82) is 0 Å². The van der Waals surface area contributed by atoms with Crippen LogP contribution in [0.15, 0.2) is 73.2 Å². The molecule has 3 heterocycles. The molecule has 260 valence electrons. The summed E-state index contributed by atoms with van der Waals surface area (Å²) >= 11 is 0. The summed E-state index contributed by atoms with van der Waals surface area (Å²) in [5.74, 6) is -0.695. The number of carbonyl (C=O) groups is 4. The van der Waals surface area contributed by atoms with Crippen LogP contribution in [0.1, 0.15) is 63.1 Å². The van der Waals surface area contributed by atoms with Gasteiger partial charge in [-0.05, 0) is 78.9 Å². The number of aromatic nitrogens is 2. The quantitative estimate of drug-likeness (QED) is 0.140. The Hall–Kier alpha value is -5.66. The Morgan fingerprint density at radius 1 is 1.02 bits per heavy atom. The summed E-state index contributed by atoms with van der Waals surface area (Å²) in [6.45, 7) is 1.34. The van der Waals surface area contributed by atoms with Crippen molar-refractivity contribution in [3.05, 3.63) is 101 Å². The standard InChI is InChI=1S/C36H35F3N6O5/c1-44-20-30(42-21-44)28-17-23(6-11-29(28)41-18-22-4-7-25(8-5-22)36(37,38)39)33(47)40-14-2-3-15-50-26-9-10-27-24(16-26)19-45(35(27)49)31-12-13-32(46)43-34(31)48/h4-11,16-17,20-21,31,41H,2-3,12-15,18-19H2,1H3,(H,40,47)(H,43,46,48)/t31-/m0/s1. The SMILES string of the molecule is Cn1cnc(-c2cc(C(=O)NCCCCOc3ccc4c(c3)CN([C@H]3CCC(=O)NC3=O)C4=O)ccc2NCc2ccc(C(F)(F)F)cc2)c1. The van der Waals surface area contributed by atoms with Crippen LogP contribution in [0, 0.1) is 0 Å². The first-order valence-corrected chi connectivity index (χ1v) is 16.2. The molecule has 1 atom stereocenters. The molecule has 0 spiro atoms. The smallest absolute Gasteiger partial charge is 0.416 e. The Kier molecular flexibility index (Phi) is 9.88. The monoisotopic (exact) mass is 688 g/mol. The molecule has 2 aliphatic rings. The minimum absolute atomic E-state index is 0.193. The van der Waals surface area contributed by atoms with Crippen molar-refractivity contribution in [2.45, 2.75) is 51.0 Å². The molecule has 3 aromatic carbocycles. The van der Waals surface area contributed by atoms with Gasteiger partial charge in [-0.25, -0.2) is 4.98 Å². The van der Waals surface area contributed by atoms with E-state index in [1.807, 2.05) is 13.2 Å². The highest BCUT2D eigenvalue weighted by molar-refractivity contribution is 6.05. The highest BCUT2D eigenvalue weighted by Crippen LogP contribution is 2.32. The Morgan fingerprint density at radius 3 is 2.54 bits per heavy atom. The summed E-state index contributed by atoms with van der Waals surface area (Å²) in [4.78, 5) is 55.6. The van der Waals surface area contributed by atoms with E-state index in [-0.39, 0.29) is 37.2 Å². The molecule has 0 radical (unpaired) electrons. The van der Waals surface area contributed by atoms with E-state index in [1.165, 1.54) is 17.0 Å². The van der Waals surface area contributed by atoms with Crippen molar-refractivity contribution in [1.82, 2.24) is 25.1 Å². The molecule has 4 aromatic rings. The number of halogens is 3. The van der Waals surface area contributed by atoms with E-state index in [1.54, 1.807) is 47.3 Å². The summed E-state index contributed by atoms with van der Waals surface area (Å²) in [7, 11) is 1.83. The number of unbranched alkanes of at least 4 members (excludes halogenated alkanes) is 1. The number of carbonyl (C=O) groups excluding carboxylic acids is 4. The van der Waals surface area contributed by atoms with E-state index in [0.29, 0.717) is 71.8 Å². The molecule has 4 amide bonds. The molecule has 50 heavy (non-hydrogen) atoms. The Bertz CT molecular complexity index is 1920. The molecule has 11 nitrogen and oxygen atoms in total. The first-order chi connectivity index (χ1) is 24.0. The number of benzene rings is 3. The lowest BCUT2D eigenvalue weighted by Crippen LogP contribution is -2.52. The van der Waals surface area contributed by atoms with Crippen molar-refractivity contribution >= 4 is 29.3 Å². The molecule has 14 heteroatoms. The summed E-state index contributed by atoms with van der Waals surface area (Å²) in [6, 6.07) is 14.6. The number of anilines is 1. The number of ether oxygens (including phenoxy) is 1. The van der Waals surface area contributed by atoms with Crippen LogP contribution in [0.4, 0.5) is 18.9 Å². The third-order valence-corrected chi connectivity index (χ3v) is 8.65. The molecular weight excluding hydrogens is 653 g/mol. The Morgan fingerprint density at radius 2 is 1.82 bits per heavy atom. The zero-order valence-electron chi connectivity index (χ0n) is 27.2. The molecule has 1 aromatic heterocycles. The lowest BCUT2D eigenvalue weighted by molar-refractivity contribution is -0.138. The highest BCUT2D eigenvalue weighted by Gasteiger charge is 2.39. The van der Waals surface area contributed by atoms with Crippen LogP contribution in [0.5, 0.6) is 5.75 Å². The van der Waals surface area contributed by atoms with Gasteiger partial charge in [-0.1, -0.05) is 12.1 Å². The van der Waals surface area contributed by atoms with Crippen molar-refractivity contribution in [2.24, 2.45) is 7.05 Å². The molecule has 1 saturated heterocycles. The fraction of sp³-hybridized carbons (Fsp3) is 0.306. The van der Waals surface area contributed by atoms with Gasteiger partial charge in [-0.3, -0.25) is 24.5 Å². The zero-order valence-corrected chi connectivity index (χ0v) is 27.2. The molecule has 1 fully saturated rings. The average molecular weight is 689 g/mol. The van der Waals surface area contributed by atoms with Gasteiger partial charge >= 0.3 is 6.18 Å². The van der Waals surface area contributed by atoms with Gasteiger partial charge in [-0.2, -0.15) is 13.2 Å². The van der Waals surface area contributed by atoms with E-state index in [9.17, 15) is 32.3 Å². The van der Waals surface area contributed by atoms with E-state index in [2.05, 4.69) is 20.9 Å². The van der Waals surface area contributed by atoms with Gasteiger partial charge in [0.05, 0.1) is 24.2 Å². The van der Waals surface area contributed by atoms with Crippen molar-refractivity contribution in [3.8, 4) is 17.0 Å². The van der Waals surface area contributed by atoms with Crippen LogP contribution >= 0.6 is 0 Å². The normalized spacial score (nSPS) is 15.9. The average Bonchev–Trinajstić information content (AvgIpc) is 3.67. The van der Waals surface area contributed by atoms with Gasteiger partial charge in [0.25, 0.3) is 11.8 Å². The fourth-order valence-corrected chi connectivity index (χ4v) is 5.97. The number of piperidine rings is 1. The maximum Gasteiger partial charge on any atom is 0.416 e. The third kappa shape index (κ3) is 7.80. The van der Waals surface area contributed by atoms with Gasteiger partial charge in [0.1, 0.15) is 11.8 Å². The van der Waals surface area contributed by atoms with Crippen LogP contribution in [0.2, 0.25) is 0 Å². The molecular formula is C36H35F3N6O5. The van der Waals surface area contributed by atoms with E-state index in [0.717, 1.165) is 17.7 Å². The van der Waals surface area contributed by atoms with Crippen LogP contribution in [-0.4, -0.2) is 57.3 Å². The maximum atomic E-state index is 13.0. The lowest BCUT2D eigenvalue weighted by Gasteiger charge is -2.29.